The standard InChI is InChI=1S/C10H10F4O/c1-2-3-15-5-6-9(13)7(11)4-8(12)10(6)14/h4H,2-3,5H2,1H3. The number of hydrogen-bond donors (Lipinski definition) is 0. The molecule has 0 bridgehead atoms. The van der Waals surface area contributed by atoms with Gasteiger partial charge in [0, 0.05) is 12.7 Å². The number of halogens is 4. The van der Waals surface area contributed by atoms with Gasteiger partial charge in [-0.15, -0.1) is 0 Å². The topological polar surface area (TPSA) is 9.23 Å². The Bertz CT molecular complexity index is 326. The maximum atomic E-state index is 13.0. The molecule has 0 saturated carbocycles. The van der Waals surface area contributed by atoms with Gasteiger partial charge in [0.1, 0.15) is 0 Å². The van der Waals surface area contributed by atoms with Crippen LogP contribution in [0.25, 0.3) is 0 Å². The molecule has 0 radical (unpaired) electrons. The van der Waals surface area contributed by atoms with Gasteiger partial charge in [-0.3, -0.25) is 0 Å². The zero-order chi connectivity index (χ0) is 11.4. The first-order valence-corrected chi connectivity index (χ1v) is 4.47. The molecule has 1 aromatic rings. The van der Waals surface area contributed by atoms with Gasteiger partial charge in [-0.2, -0.15) is 0 Å². The van der Waals surface area contributed by atoms with Crippen LogP contribution in [0.15, 0.2) is 6.07 Å². The highest BCUT2D eigenvalue weighted by molar-refractivity contribution is 5.21. The van der Waals surface area contributed by atoms with E-state index in [0.29, 0.717) is 6.42 Å². The Hall–Kier alpha value is -1.10. The van der Waals surface area contributed by atoms with Gasteiger partial charge >= 0.3 is 0 Å². The molecule has 0 amide bonds. The minimum absolute atomic E-state index is 0.175. The Balaban J connectivity index is 2.94. The molecule has 0 spiro atoms. The lowest BCUT2D eigenvalue weighted by molar-refractivity contribution is 0.115. The van der Waals surface area contributed by atoms with E-state index in [2.05, 4.69) is 0 Å². The monoisotopic (exact) mass is 222 g/mol. The molecular weight excluding hydrogens is 212 g/mol. The Morgan fingerprint density at radius 3 is 2.07 bits per heavy atom. The summed E-state index contributed by atoms with van der Waals surface area (Å²) in [4.78, 5) is 0. The van der Waals surface area contributed by atoms with Crippen molar-refractivity contribution in [2.75, 3.05) is 6.61 Å². The van der Waals surface area contributed by atoms with E-state index >= 15 is 0 Å². The fourth-order valence-corrected chi connectivity index (χ4v) is 1.07. The van der Waals surface area contributed by atoms with E-state index in [4.69, 9.17) is 4.74 Å². The summed E-state index contributed by atoms with van der Waals surface area (Å²) in [6.45, 7) is 1.61. The molecule has 0 heterocycles. The molecule has 5 heteroatoms. The average molecular weight is 222 g/mol. The van der Waals surface area contributed by atoms with Crippen LogP contribution in [0.1, 0.15) is 18.9 Å². The molecule has 0 aliphatic carbocycles. The van der Waals surface area contributed by atoms with Gasteiger partial charge in [0.2, 0.25) is 0 Å². The maximum Gasteiger partial charge on any atom is 0.167 e. The molecule has 0 saturated heterocycles. The molecule has 84 valence electrons. The van der Waals surface area contributed by atoms with Crippen LogP contribution in [0.4, 0.5) is 17.6 Å². The van der Waals surface area contributed by atoms with Crippen LogP contribution in [0, 0.1) is 23.3 Å². The van der Waals surface area contributed by atoms with Crippen LogP contribution < -0.4 is 0 Å². The van der Waals surface area contributed by atoms with Crippen LogP contribution in [0.3, 0.4) is 0 Å². The smallest absolute Gasteiger partial charge is 0.167 e. The third-order valence-electron chi connectivity index (χ3n) is 1.80. The third-order valence-corrected chi connectivity index (χ3v) is 1.80. The van der Waals surface area contributed by atoms with Crippen molar-refractivity contribution in [3.05, 3.63) is 34.9 Å². The van der Waals surface area contributed by atoms with Crippen molar-refractivity contribution in [1.29, 1.82) is 0 Å². The van der Waals surface area contributed by atoms with E-state index in [-0.39, 0.29) is 12.7 Å². The molecule has 15 heavy (non-hydrogen) atoms. The molecule has 1 rings (SSSR count). The summed E-state index contributed by atoms with van der Waals surface area (Å²) < 4.78 is 56.2. The SMILES string of the molecule is CCCOCc1c(F)c(F)cc(F)c1F. The fraction of sp³-hybridized carbons (Fsp3) is 0.400. The highest BCUT2D eigenvalue weighted by Gasteiger charge is 2.18. The molecule has 0 aromatic heterocycles. The summed E-state index contributed by atoms with van der Waals surface area (Å²) in [5.41, 5.74) is -0.707. The fourth-order valence-electron chi connectivity index (χ4n) is 1.07. The van der Waals surface area contributed by atoms with Crippen LogP contribution >= 0.6 is 0 Å². The van der Waals surface area contributed by atoms with Crippen LogP contribution in [0.5, 0.6) is 0 Å². The minimum atomic E-state index is -1.41. The highest BCUT2D eigenvalue weighted by Crippen LogP contribution is 2.19. The summed E-state index contributed by atoms with van der Waals surface area (Å²) in [5, 5.41) is 0. The number of rotatable bonds is 4. The summed E-state index contributed by atoms with van der Waals surface area (Å²) in [6, 6.07) is 0.175. The van der Waals surface area contributed by atoms with Gasteiger partial charge in [0.15, 0.2) is 23.3 Å². The Labute approximate surface area is 84.7 Å². The molecule has 0 fully saturated rings. The summed E-state index contributed by atoms with van der Waals surface area (Å²) in [7, 11) is 0. The second-order valence-electron chi connectivity index (χ2n) is 3.00. The molecule has 0 aliphatic rings. The highest BCUT2D eigenvalue weighted by atomic mass is 19.2. The first-order chi connectivity index (χ1) is 7.07. The van der Waals surface area contributed by atoms with Crippen molar-refractivity contribution in [2.45, 2.75) is 20.0 Å². The molecule has 0 N–H and O–H groups in total. The second kappa shape index (κ2) is 5.11. The lowest BCUT2D eigenvalue weighted by Crippen LogP contribution is -2.05. The third kappa shape index (κ3) is 2.68. The van der Waals surface area contributed by atoms with Crippen molar-refractivity contribution in [3.8, 4) is 0 Å². The van der Waals surface area contributed by atoms with Crippen molar-refractivity contribution in [1.82, 2.24) is 0 Å². The number of ether oxygens (including phenoxy) is 1. The van der Waals surface area contributed by atoms with Gasteiger partial charge in [-0.1, -0.05) is 6.92 Å². The number of benzene rings is 1. The number of hydrogen-bond acceptors (Lipinski definition) is 1. The normalized spacial score (nSPS) is 10.7. The predicted octanol–water partition coefficient (Wildman–Crippen LogP) is 3.17. The van der Waals surface area contributed by atoms with E-state index in [9.17, 15) is 17.6 Å². The van der Waals surface area contributed by atoms with Crippen molar-refractivity contribution in [2.24, 2.45) is 0 Å². The average Bonchev–Trinajstić information content (AvgIpc) is 2.20. The van der Waals surface area contributed by atoms with Crippen molar-refractivity contribution < 1.29 is 22.3 Å². The van der Waals surface area contributed by atoms with Crippen molar-refractivity contribution in [3.63, 3.8) is 0 Å². The van der Waals surface area contributed by atoms with Gasteiger partial charge in [-0.05, 0) is 6.42 Å². The Morgan fingerprint density at radius 1 is 1.07 bits per heavy atom. The largest absolute Gasteiger partial charge is 0.377 e. The molecule has 1 nitrogen and oxygen atoms in total. The first-order valence-electron chi connectivity index (χ1n) is 4.47. The van der Waals surface area contributed by atoms with Gasteiger partial charge in [0.25, 0.3) is 0 Å². The minimum Gasteiger partial charge on any atom is -0.377 e. The van der Waals surface area contributed by atoms with E-state index in [0.717, 1.165) is 0 Å². The summed E-state index contributed by atoms with van der Waals surface area (Å²) >= 11 is 0. The van der Waals surface area contributed by atoms with E-state index in [1.54, 1.807) is 6.92 Å². The molecule has 0 atom stereocenters. The summed E-state index contributed by atoms with van der Waals surface area (Å²) in [6.07, 6.45) is 0.654. The van der Waals surface area contributed by atoms with E-state index < -0.39 is 35.4 Å². The Kier molecular flexibility index (Phi) is 4.08. The maximum absolute atomic E-state index is 13.0. The lowest BCUT2D eigenvalue weighted by atomic mass is 10.2. The van der Waals surface area contributed by atoms with Gasteiger partial charge in [-0.25, -0.2) is 17.6 Å². The molecule has 0 unspecified atom stereocenters. The second-order valence-corrected chi connectivity index (χ2v) is 3.00. The Morgan fingerprint density at radius 2 is 1.60 bits per heavy atom. The first kappa shape index (κ1) is 12.0. The van der Waals surface area contributed by atoms with Crippen LogP contribution in [-0.4, -0.2) is 6.61 Å². The quantitative estimate of drug-likeness (QED) is 0.432. The predicted molar refractivity (Wildman–Crippen MR) is 46.2 cm³/mol. The zero-order valence-corrected chi connectivity index (χ0v) is 8.12. The van der Waals surface area contributed by atoms with Crippen LogP contribution in [-0.2, 0) is 11.3 Å². The molecule has 1 aromatic carbocycles. The van der Waals surface area contributed by atoms with E-state index in [1.807, 2.05) is 0 Å². The summed E-state index contributed by atoms with van der Waals surface area (Å²) in [5.74, 6) is -5.62. The van der Waals surface area contributed by atoms with Gasteiger partial charge in [0.05, 0.1) is 12.2 Å². The van der Waals surface area contributed by atoms with Crippen LogP contribution in [0.2, 0.25) is 0 Å². The van der Waals surface area contributed by atoms with E-state index in [1.165, 1.54) is 0 Å². The van der Waals surface area contributed by atoms with Gasteiger partial charge < -0.3 is 4.74 Å². The molecular formula is C10H10F4O. The lowest BCUT2D eigenvalue weighted by Gasteiger charge is -2.07. The zero-order valence-electron chi connectivity index (χ0n) is 8.12. The molecule has 0 aliphatic heterocycles. The van der Waals surface area contributed by atoms with Crippen molar-refractivity contribution >= 4 is 0 Å².